The summed E-state index contributed by atoms with van der Waals surface area (Å²) < 4.78 is 17.3. The Morgan fingerprint density at radius 3 is 2.34 bits per heavy atom. The van der Waals surface area contributed by atoms with Crippen LogP contribution in [-0.2, 0) is 4.79 Å². The van der Waals surface area contributed by atoms with E-state index in [4.69, 9.17) is 14.2 Å². The second-order valence-corrected chi connectivity index (χ2v) is 11.0. The third-order valence-electron chi connectivity index (χ3n) is 8.65. The number of nitrogens with one attached hydrogen (secondary N) is 1. The van der Waals surface area contributed by atoms with E-state index < -0.39 is 17.7 Å². The number of hydrogen-bond donors (Lipinski definition) is 1. The summed E-state index contributed by atoms with van der Waals surface area (Å²) in [5.41, 5.74) is 0.669. The first-order chi connectivity index (χ1) is 19.8. The van der Waals surface area contributed by atoms with E-state index >= 15 is 0 Å². The number of amides is 4. The van der Waals surface area contributed by atoms with Crippen molar-refractivity contribution in [2.75, 3.05) is 40.0 Å². The Morgan fingerprint density at radius 1 is 1.00 bits per heavy atom. The molecule has 0 saturated carbocycles. The summed E-state index contributed by atoms with van der Waals surface area (Å²) in [7, 11) is 2.05. The normalized spacial score (nSPS) is 20.4. The SMILES string of the molecule is CCC[C@H](NC(=O)N1C(=O)C(CC)(CC)[C@@H]1Oc1ccc(C(=O)N2CCN(C)CC2)cc1)c1ccc2c(c1)OCO2. The van der Waals surface area contributed by atoms with Gasteiger partial charge in [0.2, 0.25) is 12.7 Å². The van der Waals surface area contributed by atoms with Gasteiger partial charge in [0.05, 0.1) is 6.04 Å². The molecule has 41 heavy (non-hydrogen) atoms. The van der Waals surface area contributed by atoms with Crippen molar-refractivity contribution in [1.82, 2.24) is 20.0 Å². The van der Waals surface area contributed by atoms with E-state index in [0.717, 1.165) is 25.1 Å². The fraction of sp³-hybridized carbons (Fsp3) is 0.516. The lowest BCUT2D eigenvalue weighted by atomic mass is 9.72. The number of rotatable bonds is 9. The van der Waals surface area contributed by atoms with Crippen molar-refractivity contribution < 1.29 is 28.6 Å². The Balaban J connectivity index is 1.31. The quantitative estimate of drug-likeness (QED) is 0.451. The number of benzene rings is 2. The van der Waals surface area contributed by atoms with Gasteiger partial charge in [0.25, 0.3) is 5.91 Å². The highest BCUT2D eigenvalue weighted by atomic mass is 16.7. The molecule has 10 nitrogen and oxygen atoms in total. The molecule has 5 rings (SSSR count). The van der Waals surface area contributed by atoms with Crippen LogP contribution in [0.1, 0.15) is 68.4 Å². The molecular formula is C31H40N4O6. The second kappa shape index (κ2) is 12.0. The number of urea groups is 1. The average molecular weight is 565 g/mol. The summed E-state index contributed by atoms with van der Waals surface area (Å²) in [4.78, 5) is 45.3. The molecule has 2 aromatic carbocycles. The van der Waals surface area contributed by atoms with Crippen LogP contribution in [0.4, 0.5) is 4.79 Å². The van der Waals surface area contributed by atoms with Crippen LogP contribution in [0.2, 0.25) is 0 Å². The molecule has 4 amide bonds. The third-order valence-corrected chi connectivity index (χ3v) is 8.65. The lowest BCUT2D eigenvalue weighted by molar-refractivity contribution is -0.191. The minimum atomic E-state index is -0.801. The average Bonchev–Trinajstić information content (AvgIpc) is 3.46. The standard InChI is InChI=1S/C31H40N4O6/c1-5-8-24(22-11-14-25-26(19-22)40-20-39-25)32-30(38)35-28(37)31(6-2,7-3)29(35)41-23-12-9-21(10-13-23)27(36)34-17-15-33(4)16-18-34/h9-14,19,24,29H,5-8,15-18,20H2,1-4H3,(H,32,38)/t24-,29-/m0/s1. The van der Waals surface area contributed by atoms with Crippen molar-refractivity contribution in [3.63, 3.8) is 0 Å². The van der Waals surface area contributed by atoms with Gasteiger partial charge >= 0.3 is 6.03 Å². The first-order valence-electron chi connectivity index (χ1n) is 14.6. The van der Waals surface area contributed by atoms with Crippen LogP contribution in [0.25, 0.3) is 0 Å². The van der Waals surface area contributed by atoms with E-state index in [1.165, 1.54) is 4.90 Å². The maximum Gasteiger partial charge on any atom is 0.327 e. The number of β-lactam (4-membered cyclic amide) rings is 1. The largest absolute Gasteiger partial charge is 0.469 e. The number of piperazine rings is 1. The molecule has 3 heterocycles. The first-order valence-corrected chi connectivity index (χ1v) is 14.6. The summed E-state index contributed by atoms with van der Waals surface area (Å²) in [6, 6.07) is 11.8. The summed E-state index contributed by atoms with van der Waals surface area (Å²) in [6.07, 6.45) is 1.84. The van der Waals surface area contributed by atoms with Crippen molar-refractivity contribution in [3.8, 4) is 17.2 Å². The number of ether oxygens (including phenoxy) is 3. The number of nitrogens with zero attached hydrogens (tertiary/aromatic N) is 3. The molecule has 0 aromatic heterocycles. The molecule has 0 aliphatic carbocycles. The lowest BCUT2D eigenvalue weighted by Gasteiger charge is -2.53. The van der Waals surface area contributed by atoms with E-state index in [-0.39, 0.29) is 24.6 Å². The maximum atomic E-state index is 13.6. The molecule has 3 aliphatic rings. The minimum absolute atomic E-state index is 0.00794. The van der Waals surface area contributed by atoms with Gasteiger partial charge in [-0.15, -0.1) is 0 Å². The highest BCUT2D eigenvalue weighted by Gasteiger charge is 2.63. The molecule has 3 aliphatic heterocycles. The number of likely N-dealkylation sites (N-methyl/N-ethyl adjacent to an activating group) is 1. The predicted octanol–water partition coefficient (Wildman–Crippen LogP) is 4.41. The number of hydrogen-bond acceptors (Lipinski definition) is 7. The van der Waals surface area contributed by atoms with E-state index in [0.29, 0.717) is 55.2 Å². The van der Waals surface area contributed by atoms with Gasteiger partial charge in [0, 0.05) is 31.7 Å². The van der Waals surface area contributed by atoms with Gasteiger partial charge in [-0.2, -0.15) is 0 Å². The van der Waals surface area contributed by atoms with Crippen molar-refractivity contribution in [1.29, 1.82) is 0 Å². The Bertz CT molecular complexity index is 1270. The Kier molecular flexibility index (Phi) is 8.40. The van der Waals surface area contributed by atoms with Crippen molar-refractivity contribution in [2.24, 2.45) is 5.41 Å². The molecule has 0 spiro atoms. The van der Waals surface area contributed by atoms with Gasteiger partial charge < -0.3 is 29.3 Å². The van der Waals surface area contributed by atoms with Gasteiger partial charge in [-0.3, -0.25) is 9.59 Å². The number of carbonyl (C=O) groups is 3. The zero-order valence-corrected chi connectivity index (χ0v) is 24.4. The van der Waals surface area contributed by atoms with Crippen LogP contribution < -0.4 is 19.5 Å². The summed E-state index contributed by atoms with van der Waals surface area (Å²) >= 11 is 0. The topological polar surface area (TPSA) is 101 Å². The van der Waals surface area contributed by atoms with E-state index in [1.807, 2.05) is 43.9 Å². The molecule has 1 N–H and O–H groups in total. The predicted molar refractivity (Wildman–Crippen MR) is 153 cm³/mol. The Hall–Kier alpha value is -3.79. The Labute approximate surface area is 241 Å². The lowest BCUT2D eigenvalue weighted by Crippen LogP contribution is -2.73. The number of likely N-dealkylation sites (tertiary alicyclic amines) is 1. The zero-order chi connectivity index (χ0) is 29.1. The van der Waals surface area contributed by atoms with Gasteiger partial charge in [0.1, 0.15) is 11.2 Å². The molecule has 2 atom stereocenters. The van der Waals surface area contributed by atoms with Crippen LogP contribution in [-0.4, -0.2) is 78.8 Å². The first kappa shape index (κ1) is 28.7. The summed E-state index contributed by atoms with van der Waals surface area (Å²) in [6.45, 7) is 9.20. The molecule has 2 saturated heterocycles. The van der Waals surface area contributed by atoms with E-state index in [9.17, 15) is 14.4 Å². The van der Waals surface area contributed by atoms with Crippen molar-refractivity contribution >= 4 is 17.8 Å². The summed E-state index contributed by atoms with van der Waals surface area (Å²) in [5, 5.41) is 3.06. The van der Waals surface area contributed by atoms with Crippen LogP contribution in [0, 0.1) is 5.41 Å². The number of imide groups is 1. The van der Waals surface area contributed by atoms with Gasteiger partial charge in [-0.25, -0.2) is 9.69 Å². The molecule has 0 unspecified atom stereocenters. The third kappa shape index (κ3) is 5.45. The van der Waals surface area contributed by atoms with Crippen LogP contribution in [0.5, 0.6) is 17.2 Å². The molecular weight excluding hydrogens is 524 g/mol. The molecule has 0 radical (unpaired) electrons. The Morgan fingerprint density at radius 2 is 1.68 bits per heavy atom. The van der Waals surface area contributed by atoms with Crippen LogP contribution in [0.3, 0.4) is 0 Å². The highest BCUT2D eigenvalue weighted by molar-refractivity contribution is 6.03. The molecule has 10 heteroatoms. The van der Waals surface area contributed by atoms with Crippen LogP contribution >= 0.6 is 0 Å². The minimum Gasteiger partial charge on any atom is -0.469 e. The molecule has 2 fully saturated rings. The smallest absolute Gasteiger partial charge is 0.327 e. The zero-order valence-electron chi connectivity index (χ0n) is 24.4. The van der Waals surface area contributed by atoms with E-state index in [2.05, 4.69) is 17.3 Å². The number of carbonyl (C=O) groups excluding carboxylic acids is 3. The van der Waals surface area contributed by atoms with E-state index in [1.54, 1.807) is 24.3 Å². The maximum absolute atomic E-state index is 13.6. The van der Waals surface area contributed by atoms with Gasteiger partial charge in [-0.1, -0.05) is 33.3 Å². The van der Waals surface area contributed by atoms with Gasteiger partial charge in [-0.05, 0) is 68.3 Å². The molecule has 0 bridgehead atoms. The fourth-order valence-electron chi connectivity index (χ4n) is 5.86. The second-order valence-electron chi connectivity index (χ2n) is 11.0. The van der Waals surface area contributed by atoms with Crippen molar-refractivity contribution in [2.45, 2.75) is 58.7 Å². The van der Waals surface area contributed by atoms with Crippen LogP contribution in [0.15, 0.2) is 42.5 Å². The number of fused-ring (bicyclic) bond motifs is 1. The monoisotopic (exact) mass is 564 g/mol. The van der Waals surface area contributed by atoms with Crippen molar-refractivity contribution in [3.05, 3.63) is 53.6 Å². The highest BCUT2D eigenvalue weighted by Crippen LogP contribution is 2.46. The molecule has 220 valence electrons. The van der Waals surface area contributed by atoms with Gasteiger partial charge in [0.15, 0.2) is 17.7 Å². The summed E-state index contributed by atoms with van der Waals surface area (Å²) in [5.74, 6) is 1.57. The fourth-order valence-corrected chi connectivity index (χ4v) is 5.86. The molecule has 2 aromatic rings.